The van der Waals surface area contributed by atoms with Crippen molar-refractivity contribution in [3.63, 3.8) is 0 Å². The van der Waals surface area contributed by atoms with Crippen LogP contribution in [0.25, 0.3) is 0 Å². The Bertz CT molecular complexity index is 412. The van der Waals surface area contributed by atoms with E-state index in [4.69, 9.17) is 5.11 Å². The normalized spacial score (nSPS) is 12.8. The lowest BCUT2D eigenvalue weighted by Crippen LogP contribution is -2.31. The number of aliphatic hydroxyl groups excluding tert-OH is 1. The molecule has 0 aromatic heterocycles. The number of rotatable bonds is 5. The average molecular weight is 303 g/mol. The summed E-state index contributed by atoms with van der Waals surface area (Å²) >= 11 is 3.14. The molecule has 0 saturated carbocycles. The second kappa shape index (κ2) is 6.09. The molecule has 6 heteroatoms. The van der Waals surface area contributed by atoms with Gasteiger partial charge in [-0.25, -0.2) is 0 Å². The smallest absolute Gasteiger partial charge is 0.283 e. The molecule has 94 valence electrons. The summed E-state index contributed by atoms with van der Waals surface area (Å²) < 4.78 is 0.476. The Morgan fingerprint density at radius 1 is 1.59 bits per heavy atom. The molecule has 1 atom stereocenters. The molecule has 1 rings (SSSR count). The number of likely N-dealkylation sites (N-methyl/N-ethyl adjacent to an activating group) is 1. The van der Waals surface area contributed by atoms with E-state index in [0.29, 0.717) is 11.0 Å². The highest BCUT2D eigenvalue weighted by atomic mass is 79.9. The highest BCUT2D eigenvalue weighted by molar-refractivity contribution is 9.10. The molecule has 1 aromatic carbocycles. The minimum Gasteiger partial charge on any atom is -0.395 e. The Hall–Kier alpha value is -0.980. The third-order valence-corrected chi connectivity index (χ3v) is 3.33. The number of hydrogen-bond donors (Lipinski definition) is 1. The van der Waals surface area contributed by atoms with Gasteiger partial charge in [-0.2, -0.15) is 0 Å². The number of nitro benzene ring substituents is 1. The summed E-state index contributed by atoms with van der Waals surface area (Å²) in [5.41, 5.74) is 0.912. The first-order valence-corrected chi connectivity index (χ1v) is 5.99. The highest BCUT2D eigenvalue weighted by Crippen LogP contribution is 2.26. The summed E-state index contributed by atoms with van der Waals surface area (Å²) in [6, 6.07) is 5.07. The molecule has 0 aliphatic carbocycles. The first kappa shape index (κ1) is 14.1. The van der Waals surface area contributed by atoms with E-state index in [-0.39, 0.29) is 18.3 Å². The van der Waals surface area contributed by atoms with Crippen LogP contribution < -0.4 is 0 Å². The zero-order valence-corrected chi connectivity index (χ0v) is 11.3. The first-order chi connectivity index (χ1) is 7.95. The van der Waals surface area contributed by atoms with Crippen molar-refractivity contribution in [2.24, 2.45) is 0 Å². The molecule has 5 nitrogen and oxygen atoms in total. The maximum Gasteiger partial charge on any atom is 0.283 e. The Kier molecular flexibility index (Phi) is 5.04. The Morgan fingerprint density at radius 3 is 2.76 bits per heavy atom. The van der Waals surface area contributed by atoms with Gasteiger partial charge in [0.2, 0.25) is 0 Å². The maximum absolute atomic E-state index is 10.8. The molecule has 0 spiro atoms. The van der Waals surface area contributed by atoms with E-state index in [1.165, 1.54) is 0 Å². The van der Waals surface area contributed by atoms with Crippen LogP contribution in [0.2, 0.25) is 0 Å². The van der Waals surface area contributed by atoms with Crippen LogP contribution in [0.4, 0.5) is 5.69 Å². The van der Waals surface area contributed by atoms with Crippen molar-refractivity contribution < 1.29 is 10.0 Å². The summed E-state index contributed by atoms with van der Waals surface area (Å²) in [6.45, 7) is 2.53. The first-order valence-electron chi connectivity index (χ1n) is 5.19. The van der Waals surface area contributed by atoms with E-state index < -0.39 is 4.92 Å². The minimum absolute atomic E-state index is 0.0257. The Balaban J connectivity index is 2.86. The van der Waals surface area contributed by atoms with E-state index in [0.717, 1.165) is 5.56 Å². The fourth-order valence-corrected chi connectivity index (χ4v) is 1.77. The predicted octanol–water partition coefficient (Wildman–Crippen LogP) is 2.17. The quantitative estimate of drug-likeness (QED) is 0.669. The summed E-state index contributed by atoms with van der Waals surface area (Å²) in [4.78, 5) is 12.3. The van der Waals surface area contributed by atoms with Gasteiger partial charge in [-0.05, 0) is 41.5 Å². The molecule has 0 fully saturated rings. The fourth-order valence-electron chi connectivity index (χ4n) is 1.38. The van der Waals surface area contributed by atoms with Gasteiger partial charge in [0.05, 0.1) is 16.0 Å². The second-order valence-corrected chi connectivity index (χ2v) is 4.84. The van der Waals surface area contributed by atoms with E-state index in [1.807, 2.05) is 24.9 Å². The van der Waals surface area contributed by atoms with E-state index in [1.54, 1.807) is 12.1 Å². The molecule has 0 aliphatic heterocycles. The van der Waals surface area contributed by atoms with Crippen molar-refractivity contribution in [2.75, 3.05) is 13.7 Å². The molecule has 1 aromatic rings. The van der Waals surface area contributed by atoms with Gasteiger partial charge in [-0.1, -0.05) is 6.07 Å². The van der Waals surface area contributed by atoms with Crippen LogP contribution in [-0.4, -0.2) is 34.6 Å². The van der Waals surface area contributed by atoms with Crippen LogP contribution in [0, 0.1) is 10.1 Å². The molecule has 0 radical (unpaired) electrons. The summed E-state index contributed by atoms with van der Waals surface area (Å²) in [5, 5.41) is 19.8. The SMILES string of the molecule is CC(CO)N(C)Cc1ccc(Br)c([N+](=O)[O-])c1. The van der Waals surface area contributed by atoms with Crippen molar-refractivity contribution in [3.8, 4) is 0 Å². The lowest BCUT2D eigenvalue weighted by atomic mass is 10.1. The summed E-state index contributed by atoms with van der Waals surface area (Å²) in [7, 11) is 1.87. The van der Waals surface area contributed by atoms with E-state index in [2.05, 4.69) is 15.9 Å². The lowest BCUT2D eigenvalue weighted by molar-refractivity contribution is -0.385. The van der Waals surface area contributed by atoms with Crippen LogP contribution in [0.3, 0.4) is 0 Å². The van der Waals surface area contributed by atoms with Crippen LogP contribution in [-0.2, 0) is 6.54 Å². The number of nitrogens with zero attached hydrogens (tertiary/aromatic N) is 2. The highest BCUT2D eigenvalue weighted by Gasteiger charge is 2.14. The molecular formula is C11H15BrN2O3. The zero-order valence-electron chi connectivity index (χ0n) is 9.76. The third kappa shape index (κ3) is 3.76. The molecule has 0 saturated heterocycles. The molecular weight excluding hydrogens is 288 g/mol. The zero-order chi connectivity index (χ0) is 13.0. The van der Waals surface area contributed by atoms with E-state index >= 15 is 0 Å². The number of benzene rings is 1. The largest absolute Gasteiger partial charge is 0.395 e. The minimum atomic E-state index is -0.414. The van der Waals surface area contributed by atoms with Gasteiger partial charge in [-0.3, -0.25) is 15.0 Å². The summed E-state index contributed by atoms with van der Waals surface area (Å²) in [6.07, 6.45) is 0. The van der Waals surface area contributed by atoms with Crippen LogP contribution >= 0.6 is 15.9 Å². The predicted molar refractivity (Wildman–Crippen MR) is 68.8 cm³/mol. The molecule has 17 heavy (non-hydrogen) atoms. The van der Waals surface area contributed by atoms with Gasteiger partial charge in [0.25, 0.3) is 5.69 Å². The third-order valence-electron chi connectivity index (χ3n) is 2.66. The molecule has 1 N–H and O–H groups in total. The monoisotopic (exact) mass is 302 g/mol. The van der Waals surface area contributed by atoms with E-state index in [9.17, 15) is 10.1 Å². The van der Waals surface area contributed by atoms with Gasteiger partial charge >= 0.3 is 0 Å². The van der Waals surface area contributed by atoms with Gasteiger partial charge in [0.1, 0.15) is 0 Å². The van der Waals surface area contributed by atoms with Crippen molar-refractivity contribution >= 4 is 21.6 Å². The van der Waals surface area contributed by atoms with Gasteiger partial charge in [0.15, 0.2) is 0 Å². The lowest BCUT2D eigenvalue weighted by Gasteiger charge is -2.22. The topological polar surface area (TPSA) is 66.6 Å². The molecule has 1 unspecified atom stereocenters. The second-order valence-electron chi connectivity index (χ2n) is 3.99. The van der Waals surface area contributed by atoms with Crippen molar-refractivity contribution in [3.05, 3.63) is 38.3 Å². The summed E-state index contributed by atoms with van der Waals surface area (Å²) in [5.74, 6) is 0. The van der Waals surface area contributed by atoms with Crippen molar-refractivity contribution in [2.45, 2.75) is 19.5 Å². The maximum atomic E-state index is 10.8. The van der Waals surface area contributed by atoms with Gasteiger partial charge in [0, 0.05) is 18.7 Å². The average Bonchev–Trinajstić information content (AvgIpc) is 2.30. The van der Waals surface area contributed by atoms with Gasteiger partial charge < -0.3 is 5.11 Å². The van der Waals surface area contributed by atoms with Crippen LogP contribution in [0.15, 0.2) is 22.7 Å². The fraction of sp³-hybridized carbons (Fsp3) is 0.455. The molecule has 0 heterocycles. The van der Waals surface area contributed by atoms with Crippen LogP contribution in [0.5, 0.6) is 0 Å². The molecule has 0 aliphatic rings. The number of aliphatic hydroxyl groups is 1. The Labute approximate surface area is 108 Å². The number of nitro groups is 1. The number of halogens is 1. The number of hydrogen-bond acceptors (Lipinski definition) is 4. The Morgan fingerprint density at radius 2 is 2.24 bits per heavy atom. The standard InChI is InChI=1S/C11H15BrN2O3/c1-8(7-15)13(2)6-9-3-4-10(12)11(5-9)14(16)17/h3-5,8,15H,6-7H2,1-2H3. The van der Waals surface area contributed by atoms with Crippen molar-refractivity contribution in [1.82, 2.24) is 4.90 Å². The van der Waals surface area contributed by atoms with Gasteiger partial charge in [-0.15, -0.1) is 0 Å². The van der Waals surface area contributed by atoms with Crippen molar-refractivity contribution in [1.29, 1.82) is 0 Å². The molecule has 0 bridgehead atoms. The van der Waals surface area contributed by atoms with Crippen LogP contribution in [0.1, 0.15) is 12.5 Å². The molecule has 0 amide bonds.